The molecule has 8 heteroatoms. The molecule has 2 amide bonds. The normalized spacial score (nSPS) is 10.2. The van der Waals surface area contributed by atoms with Crippen LogP contribution in [0.1, 0.15) is 5.56 Å². The number of anilines is 1. The van der Waals surface area contributed by atoms with E-state index in [0.717, 1.165) is 5.56 Å². The van der Waals surface area contributed by atoms with Gasteiger partial charge in [-0.1, -0.05) is 18.2 Å². The molecule has 27 heavy (non-hydrogen) atoms. The minimum absolute atomic E-state index is 0.155. The lowest BCUT2D eigenvalue weighted by Crippen LogP contribution is -2.35. The first-order valence-electron chi connectivity index (χ1n) is 8.36. The smallest absolute Gasteiger partial charge is 0.258 e. The molecule has 0 aliphatic rings. The first-order valence-corrected chi connectivity index (χ1v) is 8.36. The average molecular weight is 365 g/mol. The van der Waals surface area contributed by atoms with Crippen molar-refractivity contribution < 1.29 is 14.3 Å². The first kappa shape index (κ1) is 18.1. The summed E-state index contributed by atoms with van der Waals surface area (Å²) in [6.45, 7) is 0.262. The van der Waals surface area contributed by atoms with Crippen molar-refractivity contribution in [2.45, 2.75) is 6.54 Å². The average Bonchev–Trinajstić information content (AvgIpc) is 3.13. The van der Waals surface area contributed by atoms with Crippen LogP contribution in [0.15, 0.2) is 67.1 Å². The van der Waals surface area contributed by atoms with E-state index in [0.29, 0.717) is 18.1 Å². The minimum Gasteiger partial charge on any atom is -0.484 e. The Hall–Kier alpha value is -3.68. The van der Waals surface area contributed by atoms with Crippen LogP contribution in [0.5, 0.6) is 5.75 Å². The summed E-state index contributed by atoms with van der Waals surface area (Å²) in [4.78, 5) is 27.6. The van der Waals surface area contributed by atoms with Crippen LogP contribution in [-0.4, -0.2) is 39.7 Å². The fourth-order valence-corrected chi connectivity index (χ4v) is 2.27. The zero-order chi connectivity index (χ0) is 18.9. The molecule has 2 N–H and O–H groups in total. The molecule has 0 aliphatic carbocycles. The van der Waals surface area contributed by atoms with Crippen LogP contribution in [-0.2, 0) is 16.1 Å². The van der Waals surface area contributed by atoms with Crippen LogP contribution in [0, 0.1) is 0 Å². The van der Waals surface area contributed by atoms with Gasteiger partial charge in [-0.2, -0.15) is 5.10 Å². The molecule has 0 fully saturated rings. The number of carbonyl (C=O) groups is 2. The molecular weight excluding hydrogens is 346 g/mol. The molecule has 3 rings (SSSR count). The Morgan fingerprint density at radius 1 is 1.00 bits per heavy atom. The molecule has 8 nitrogen and oxygen atoms in total. The Bertz CT molecular complexity index is 881. The lowest BCUT2D eigenvalue weighted by Gasteiger charge is -2.07. The van der Waals surface area contributed by atoms with Gasteiger partial charge in [0.25, 0.3) is 5.91 Å². The van der Waals surface area contributed by atoms with Crippen molar-refractivity contribution in [1.29, 1.82) is 0 Å². The summed E-state index contributed by atoms with van der Waals surface area (Å²) in [7, 11) is 0. The molecule has 0 aliphatic heterocycles. The molecule has 138 valence electrons. The summed E-state index contributed by atoms with van der Waals surface area (Å²) in [5, 5.41) is 9.42. The van der Waals surface area contributed by atoms with E-state index < -0.39 is 0 Å². The number of pyridine rings is 1. The van der Waals surface area contributed by atoms with Gasteiger partial charge in [0.05, 0.1) is 13.1 Å². The molecule has 0 unspecified atom stereocenters. The minimum atomic E-state index is -0.378. The molecule has 0 radical (unpaired) electrons. The molecule has 0 saturated heterocycles. The zero-order valence-corrected chi connectivity index (χ0v) is 14.5. The van der Waals surface area contributed by atoms with E-state index in [2.05, 4.69) is 20.7 Å². The summed E-state index contributed by atoms with van der Waals surface area (Å²) < 4.78 is 7.02. The first-order chi connectivity index (χ1) is 13.2. The molecule has 0 atom stereocenters. The molecule has 0 spiro atoms. The van der Waals surface area contributed by atoms with Crippen molar-refractivity contribution in [3.8, 4) is 5.75 Å². The standard InChI is InChI=1S/C19H19N5O3/c25-18(12-21-19(26)14-27-16-4-2-1-3-5-16)22-17-8-11-24(23-17)13-15-6-9-20-10-7-15/h1-11H,12-14H2,(H,21,26)(H,22,23,25). The van der Waals surface area contributed by atoms with Gasteiger partial charge in [-0.3, -0.25) is 19.3 Å². The van der Waals surface area contributed by atoms with Crippen molar-refractivity contribution in [2.75, 3.05) is 18.5 Å². The van der Waals surface area contributed by atoms with E-state index in [-0.39, 0.29) is 25.0 Å². The van der Waals surface area contributed by atoms with Gasteiger partial charge in [-0.25, -0.2) is 0 Å². The maximum Gasteiger partial charge on any atom is 0.258 e. The molecule has 3 aromatic rings. The van der Waals surface area contributed by atoms with Crippen LogP contribution in [0.25, 0.3) is 0 Å². The van der Waals surface area contributed by atoms with Gasteiger partial charge in [0.15, 0.2) is 12.4 Å². The number of aromatic nitrogens is 3. The van der Waals surface area contributed by atoms with Crippen LogP contribution in [0.4, 0.5) is 5.82 Å². The number of hydrogen-bond acceptors (Lipinski definition) is 5. The van der Waals surface area contributed by atoms with Gasteiger partial charge in [-0.15, -0.1) is 0 Å². The number of amides is 2. The molecule has 0 saturated carbocycles. The van der Waals surface area contributed by atoms with Crippen molar-refractivity contribution in [2.24, 2.45) is 0 Å². The largest absolute Gasteiger partial charge is 0.484 e. The third-order valence-corrected chi connectivity index (χ3v) is 3.56. The molecule has 1 aromatic carbocycles. The monoisotopic (exact) mass is 365 g/mol. The predicted molar refractivity (Wildman–Crippen MR) is 99.1 cm³/mol. The highest BCUT2D eigenvalue weighted by molar-refractivity contribution is 5.93. The highest BCUT2D eigenvalue weighted by atomic mass is 16.5. The zero-order valence-electron chi connectivity index (χ0n) is 14.5. The Kier molecular flexibility index (Phi) is 6.13. The summed E-state index contributed by atoms with van der Waals surface area (Å²) in [5.41, 5.74) is 1.05. The second-order valence-corrected chi connectivity index (χ2v) is 5.68. The lowest BCUT2D eigenvalue weighted by atomic mass is 10.3. The Morgan fingerprint density at radius 2 is 1.78 bits per heavy atom. The quantitative estimate of drug-likeness (QED) is 0.630. The fourth-order valence-electron chi connectivity index (χ4n) is 2.27. The number of benzene rings is 1. The number of carbonyl (C=O) groups excluding carboxylic acids is 2. The van der Waals surface area contributed by atoms with Gasteiger partial charge in [0, 0.05) is 24.7 Å². The number of nitrogens with zero attached hydrogens (tertiary/aromatic N) is 3. The third kappa shape index (κ3) is 5.96. The van der Waals surface area contributed by atoms with Gasteiger partial charge < -0.3 is 15.4 Å². The lowest BCUT2D eigenvalue weighted by molar-refractivity contribution is -0.125. The van der Waals surface area contributed by atoms with Crippen molar-refractivity contribution in [3.05, 3.63) is 72.7 Å². The van der Waals surface area contributed by atoms with E-state index in [4.69, 9.17) is 4.74 Å². The Morgan fingerprint density at radius 3 is 2.56 bits per heavy atom. The SMILES string of the molecule is O=C(COc1ccccc1)NCC(=O)Nc1ccn(Cc2ccncc2)n1. The molecule has 0 bridgehead atoms. The van der Waals surface area contributed by atoms with Gasteiger partial charge >= 0.3 is 0 Å². The second kappa shape index (κ2) is 9.14. The predicted octanol–water partition coefficient (Wildman–Crippen LogP) is 1.46. The second-order valence-electron chi connectivity index (χ2n) is 5.68. The van der Waals surface area contributed by atoms with Gasteiger partial charge in [0.1, 0.15) is 5.75 Å². The van der Waals surface area contributed by atoms with Crippen molar-refractivity contribution in [1.82, 2.24) is 20.1 Å². The fraction of sp³-hybridized carbons (Fsp3) is 0.158. The summed E-state index contributed by atoms with van der Waals surface area (Å²) in [6, 6.07) is 14.5. The number of nitrogens with one attached hydrogen (secondary N) is 2. The highest BCUT2D eigenvalue weighted by Gasteiger charge is 2.08. The van der Waals surface area contributed by atoms with Gasteiger partial charge in [0.2, 0.25) is 5.91 Å². The Labute approximate surface area is 156 Å². The van der Waals surface area contributed by atoms with E-state index in [1.807, 2.05) is 30.3 Å². The molecule has 2 aromatic heterocycles. The summed E-state index contributed by atoms with van der Waals surface area (Å²) >= 11 is 0. The highest BCUT2D eigenvalue weighted by Crippen LogP contribution is 2.08. The van der Waals surface area contributed by atoms with Crippen molar-refractivity contribution in [3.63, 3.8) is 0 Å². The Balaban J connectivity index is 1.39. The maximum atomic E-state index is 11.9. The van der Waals surface area contributed by atoms with E-state index in [9.17, 15) is 9.59 Å². The van der Waals surface area contributed by atoms with Crippen molar-refractivity contribution >= 4 is 17.6 Å². The molecular formula is C19H19N5O3. The third-order valence-electron chi connectivity index (χ3n) is 3.56. The van der Waals surface area contributed by atoms with Crippen LogP contribution in [0.3, 0.4) is 0 Å². The van der Waals surface area contributed by atoms with E-state index in [1.54, 1.807) is 41.5 Å². The van der Waals surface area contributed by atoms with E-state index in [1.165, 1.54) is 0 Å². The van der Waals surface area contributed by atoms with Crippen LogP contribution in [0.2, 0.25) is 0 Å². The maximum absolute atomic E-state index is 11.9. The molecule has 2 heterocycles. The number of hydrogen-bond donors (Lipinski definition) is 2. The van der Waals surface area contributed by atoms with Crippen LogP contribution < -0.4 is 15.4 Å². The number of para-hydroxylation sites is 1. The van der Waals surface area contributed by atoms with Crippen LogP contribution >= 0.6 is 0 Å². The van der Waals surface area contributed by atoms with Gasteiger partial charge in [-0.05, 0) is 29.8 Å². The topological polar surface area (TPSA) is 98.1 Å². The summed E-state index contributed by atoms with van der Waals surface area (Å²) in [5.74, 6) is 0.273. The number of ether oxygens (including phenoxy) is 1. The summed E-state index contributed by atoms with van der Waals surface area (Å²) in [6.07, 6.45) is 5.19. The number of rotatable bonds is 8. The van der Waals surface area contributed by atoms with E-state index >= 15 is 0 Å².